The van der Waals surface area contributed by atoms with Crippen molar-refractivity contribution < 1.29 is 13.2 Å². The van der Waals surface area contributed by atoms with Crippen molar-refractivity contribution in [2.75, 3.05) is 0 Å². The monoisotopic (exact) mass is 344 g/mol. The van der Waals surface area contributed by atoms with Crippen molar-refractivity contribution in [2.24, 2.45) is 0 Å². The third-order valence-corrected chi connectivity index (χ3v) is 4.67. The molecule has 116 valence electrons. The Morgan fingerprint density at radius 3 is 1.65 bits per heavy atom. The predicted molar refractivity (Wildman–Crippen MR) is 91.4 cm³/mol. The van der Waals surface area contributed by atoms with Gasteiger partial charge in [-0.25, -0.2) is 8.42 Å². The molecule has 0 atom stereocenters. The zero-order valence-corrected chi connectivity index (χ0v) is 13.6. The summed E-state index contributed by atoms with van der Waals surface area (Å²) < 4.78 is 28.1. The van der Waals surface area contributed by atoms with Crippen LogP contribution >= 0.6 is 10.7 Å². The molecule has 23 heavy (non-hydrogen) atoms. The minimum atomic E-state index is -3.71. The van der Waals surface area contributed by atoms with E-state index in [1.807, 2.05) is 54.6 Å². The Morgan fingerprint density at radius 2 is 1.13 bits per heavy atom. The Bertz CT molecular complexity index is 887. The molecule has 0 bridgehead atoms. The van der Waals surface area contributed by atoms with E-state index in [1.54, 1.807) is 12.1 Å². The van der Waals surface area contributed by atoms with Crippen molar-refractivity contribution in [2.45, 2.75) is 4.90 Å². The van der Waals surface area contributed by atoms with Crippen LogP contribution in [0.15, 0.2) is 83.8 Å². The molecule has 0 aromatic heterocycles. The van der Waals surface area contributed by atoms with Crippen LogP contribution in [0.3, 0.4) is 0 Å². The highest BCUT2D eigenvalue weighted by atomic mass is 35.7. The van der Waals surface area contributed by atoms with Gasteiger partial charge in [0.25, 0.3) is 9.05 Å². The summed E-state index contributed by atoms with van der Waals surface area (Å²) in [5, 5.41) is 0. The van der Waals surface area contributed by atoms with Crippen molar-refractivity contribution in [1.82, 2.24) is 0 Å². The van der Waals surface area contributed by atoms with Crippen LogP contribution in [0.25, 0.3) is 11.1 Å². The van der Waals surface area contributed by atoms with Gasteiger partial charge in [0.1, 0.15) is 11.5 Å². The lowest BCUT2D eigenvalue weighted by atomic mass is 10.1. The molecule has 3 rings (SSSR count). The molecule has 0 aliphatic carbocycles. The lowest BCUT2D eigenvalue weighted by Gasteiger charge is -2.07. The topological polar surface area (TPSA) is 43.4 Å². The lowest BCUT2D eigenvalue weighted by molar-refractivity contribution is 0.482. The van der Waals surface area contributed by atoms with Crippen molar-refractivity contribution in [3.63, 3.8) is 0 Å². The highest BCUT2D eigenvalue weighted by Gasteiger charge is 2.09. The smallest absolute Gasteiger partial charge is 0.261 e. The van der Waals surface area contributed by atoms with Crippen molar-refractivity contribution >= 4 is 19.7 Å². The van der Waals surface area contributed by atoms with Crippen LogP contribution in [0.1, 0.15) is 0 Å². The molecule has 0 amide bonds. The molecular weight excluding hydrogens is 332 g/mol. The highest BCUT2D eigenvalue weighted by Crippen LogP contribution is 2.27. The van der Waals surface area contributed by atoms with E-state index in [0.29, 0.717) is 11.5 Å². The molecule has 0 spiro atoms. The minimum absolute atomic E-state index is 0.0472. The van der Waals surface area contributed by atoms with Crippen LogP contribution in [0.5, 0.6) is 11.5 Å². The Kier molecular flexibility index (Phi) is 4.37. The molecule has 0 saturated heterocycles. The van der Waals surface area contributed by atoms with E-state index in [1.165, 1.54) is 12.1 Å². The van der Waals surface area contributed by atoms with Gasteiger partial charge in [0.15, 0.2) is 0 Å². The second-order valence-corrected chi connectivity index (χ2v) is 7.47. The second kappa shape index (κ2) is 6.44. The number of halogens is 1. The van der Waals surface area contributed by atoms with Crippen molar-refractivity contribution in [3.8, 4) is 22.6 Å². The summed E-state index contributed by atoms with van der Waals surface area (Å²) in [7, 11) is 1.57. The van der Waals surface area contributed by atoms with Gasteiger partial charge in [0.2, 0.25) is 0 Å². The molecule has 3 aromatic rings. The molecule has 0 N–H and O–H groups in total. The van der Waals surface area contributed by atoms with Crippen LogP contribution in [0.4, 0.5) is 0 Å². The molecule has 0 aliphatic rings. The van der Waals surface area contributed by atoms with Crippen molar-refractivity contribution in [3.05, 3.63) is 78.9 Å². The first-order valence-electron chi connectivity index (χ1n) is 6.90. The Hall–Kier alpha value is -2.30. The molecule has 0 radical (unpaired) electrons. The largest absolute Gasteiger partial charge is 0.457 e. The fraction of sp³-hybridized carbons (Fsp3) is 0. The molecular formula is C18H13ClO3S. The van der Waals surface area contributed by atoms with Gasteiger partial charge in [0, 0.05) is 10.7 Å². The molecule has 3 nitrogen and oxygen atoms in total. The number of hydrogen-bond acceptors (Lipinski definition) is 3. The van der Waals surface area contributed by atoms with Gasteiger partial charge in [-0.3, -0.25) is 0 Å². The molecule has 3 aromatic carbocycles. The third kappa shape index (κ3) is 3.92. The summed E-state index contributed by atoms with van der Waals surface area (Å²) in [5.41, 5.74) is 2.23. The minimum Gasteiger partial charge on any atom is -0.457 e. The van der Waals surface area contributed by atoms with Crippen LogP contribution in [0.2, 0.25) is 0 Å². The van der Waals surface area contributed by atoms with Gasteiger partial charge >= 0.3 is 0 Å². The summed E-state index contributed by atoms with van der Waals surface area (Å²) in [4.78, 5) is 0.0472. The first kappa shape index (κ1) is 15.6. The summed E-state index contributed by atoms with van der Waals surface area (Å²) in [6, 6.07) is 23.7. The summed E-state index contributed by atoms with van der Waals surface area (Å²) >= 11 is 0. The summed E-state index contributed by atoms with van der Waals surface area (Å²) in [6.45, 7) is 0. The maximum atomic E-state index is 11.2. The van der Waals surface area contributed by atoms with Crippen LogP contribution in [-0.2, 0) is 9.05 Å². The number of benzene rings is 3. The van der Waals surface area contributed by atoms with E-state index < -0.39 is 9.05 Å². The molecule has 0 aliphatic heterocycles. The zero-order valence-electron chi connectivity index (χ0n) is 12.0. The molecule has 0 saturated carbocycles. The molecule has 0 unspecified atom stereocenters. The third-order valence-electron chi connectivity index (χ3n) is 3.30. The SMILES string of the molecule is O=S(=O)(Cl)c1ccc(Oc2ccc(-c3ccccc3)cc2)cc1. The fourth-order valence-corrected chi connectivity index (χ4v) is 2.92. The Morgan fingerprint density at radius 1 is 0.652 bits per heavy atom. The average molecular weight is 345 g/mol. The van der Waals surface area contributed by atoms with Crippen LogP contribution in [-0.4, -0.2) is 8.42 Å². The van der Waals surface area contributed by atoms with E-state index in [9.17, 15) is 8.42 Å². The molecule has 5 heteroatoms. The van der Waals surface area contributed by atoms with Gasteiger partial charge in [0.05, 0.1) is 4.90 Å². The lowest BCUT2D eigenvalue weighted by Crippen LogP contribution is -1.90. The van der Waals surface area contributed by atoms with Gasteiger partial charge in [-0.1, -0.05) is 42.5 Å². The molecule has 0 fully saturated rings. The number of rotatable bonds is 4. The number of ether oxygens (including phenoxy) is 1. The van der Waals surface area contributed by atoms with E-state index >= 15 is 0 Å². The highest BCUT2D eigenvalue weighted by molar-refractivity contribution is 8.13. The van der Waals surface area contributed by atoms with Gasteiger partial charge < -0.3 is 4.74 Å². The first-order valence-corrected chi connectivity index (χ1v) is 9.21. The van der Waals surface area contributed by atoms with E-state index in [2.05, 4.69) is 0 Å². The van der Waals surface area contributed by atoms with Gasteiger partial charge in [-0.15, -0.1) is 0 Å². The van der Waals surface area contributed by atoms with Crippen LogP contribution < -0.4 is 4.74 Å². The zero-order chi connectivity index (χ0) is 16.3. The predicted octanol–water partition coefficient (Wildman–Crippen LogP) is 5.07. The molecule has 0 heterocycles. The quantitative estimate of drug-likeness (QED) is 0.620. The standard InChI is InChI=1S/C18H13ClO3S/c19-23(20,21)18-12-10-17(11-13-18)22-16-8-6-15(7-9-16)14-4-2-1-3-5-14/h1-13H. The summed E-state index contributed by atoms with van der Waals surface area (Å²) in [6.07, 6.45) is 0. The van der Waals surface area contributed by atoms with Gasteiger partial charge in [-0.2, -0.15) is 0 Å². The second-order valence-electron chi connectivity index (χ2n) is 4.90. The Balaban J connectivity index is 1.76. The van der Waals surface area contributed by atoms with Crippen molar-refractivity contribution in [1.29, 1.82) is 0 Å². The van der Waals surface area contributed by atoms with E-state index in [0.717, 1.165) is 11.1 Å². The first-order chi connectivity index (χ1) is 11.0. The maximum Gasteiger partial charge on any atom is 0.261 e. The average Bonchev–Trinajstić information content (AvgIpc) is 2.56. The normalized spacial score (nSPS) is 11.2. The van der Waals surface area contributed by atoms with Crippen LogP contribution in [0, 0.1) is 0 Å². The number of hydrogen-bond donors (Lipinski definition) is 0. The van der Waals surface area contributed by atoms with E-state index in [4.69, 9.17) is 15.4 Å². The van der Waals surface area contributed by atoms with Gasteiger partial charge in [-0.05, 0) is 47.5 Å². The van der Waals surface area contributed by atoms with E-state index in [-0.39, 0.29) is 4.90 Å². The summed E-state index contributed by atoms with van der Waals surface area (Å²) in [5.74, 6) is 1.22. The maximum absolute atomic E-state index is 11.2. The fourth-order valence-electron chi connectivity index (χ4n) is 2.15. The Labute approximate surface area is 139 Å².